The zero-order valence-corrected chi connectivity index (χ0v) is 20.2. The van der Waals surface area contributed by atoms with Crippen molar-refractivity contribution in [1.82, 2.24) is 4.90 Å². The molecule has 2 aliphatic rings. The minimum absolute atomic E-state index is 0.00263. The predicted molar refractivity (Wildman–Crippen MR) is 135 cm³/mol. The van der Waals surface area contributed by atoms with Crippen LogP contribution in [-0.4, -0.2) is 29.1 Å². The maximum atomic E-state index is 15.7. The molecule has 36 heavy (non-hydrogen) atoms. The van der Waals surface area contributed by atoms with E-state index in [1.54, 1.807) is 7.11 Å². The van der Waals surface area contributed by atoms with Gasteiger partial charge in [0, 0.05) is 24.2 Å². The number of carboxylic acid groups (broad SMARTS) is 1. The lowest BCUT2D eigenvalue weighted by Gasteiger charge is -2.42. The monoisotopic (exact) mass is 487 g/mol. The fourth-order valence-corrected chi connectivity index (χ4v) is 5.48. The number of carbonyl (C=O) groups is 1. The fraction of sp³-hybridized carbons (Fsp3) is 0.233. The fourth-order valence-electron chi connectivity index (χ4n) is 5.48. The minimum Gasteiger partial charge on any atom is -0.497 e. The van der Waals surface area contributed by atoms with Gasteiger partial charge in [-0.05, 0) is 83.5 Å². The summed E-state index contributed by atoms with van der Waals surface area (Å²) in [6.07, 6.45) is 3.51. The van der Waals surface area contributed by atoms with E-state index < -0.39 is 23.6 Å². The van der Waals surface area contributed by atoms with Gasteiger partial charge in [-0.2, -0.15) is 0 Å². The molecule has 0 spiro atoms. The Morgan fingerprint density at radius 2 is 1.81 bits per heavy atom. The van der Waals surface area contributed by atoms with Crippen LogP contribution in [0.4, 0.5) is 8.78 Å². The molecule has 1 aliphatic heterocycles. The largest absolute Gasteiger partial charge is 0.497 e. The predicted octanol–water partition coefficient (Wildman–Crippen LogP) is 6.42. The molecule has 2 unspecified atom stereocenters. The van der Waals surface area contributed by atoms with E-state index in [0.717, 1.165) is 34.9 Å². The number of methoxy groups -OCH3 is 1. The van der Waals surface area contributed by atoms with E-state index in [1.165, 1.54) is 29.3 Å². The Balaban J connectivity index is 1.61. The molecule has 5 rings (SSSR count). The van der Waals surface area contributed by atoms with E-state index in [1.807, 2.05) is 36.4 Å². The number of rotatable bonds is 6. The Hall–Kier alpha value is -3.77. The van der Waals surface area contributed by atoms with Gasteiger partial charge in [0.1, 0.15) is 17.4 Å². The number of ether oxygens (including phenoxy) is 1. The summed E-state index contributed by atoms with van der Waals surface area (Å²) in [6.45, 7) is 2.61. The maximum Gasteiger partial charge on any atom is 0.328 e. The topological polar surface area (TPSA) is 49.8 Å². The van der Waals surface area contributed by atoms with Crippen molar-refractivity contribution in [2.24, 2.45) is 0 Å². The number of halogens is 2. The number of hydrogen-bond donors (Lipinski definition) is 1. The lowest BCUT2D eigenvalue weighted by atomic mass is 9.84. The van der Waals surface area contributed by atoms with Crippen LogP contribution >= 0.6 is 0 Å². The Kier molecular flexibility index (Phi) is 6.46. The van der Waals surface area contributed by atoms with E-state index >= 15 is 8.78 Å². The van der Waals surface area contributed by atoms with Crippen LogP contribution in [-0.2, 0) is 17.8 Å². The highest BCUT2D eigenvalue weighted by Gasteiger charge is 2.41. The number of fused-ring (bicyclic) bond motifs is 2. The molecule has 1 heterocycles. The summed E-state index contributed by atoms with van der Waals surface area (Å²) in [7, 11) is 1.62. The molecule has 0 saturated heterocycles. The number of hydrogen-bond acceptors (Lipinski definition) is 3. The van der Waals surface area contributed by atoms with Gasteiger partial charge in [0.25, 0.3) is 0 Å². The highest BCUT2D eigenvalue weighted by molar-refractivity contribution is 5.85. The average Bonchev–Trinajstić information content (AvgIpc) is 3.22. The molecule has 0 fully saturated rings. The lowest BCUT2D eigenvalue weighted by Crippen LogP contribution is -2.41. The van der Waals surface area contributed by atoms with Gasteiger partial charge >= 0.3 is 5.97 Å². The summed E-state index contributed by atoms with van der Waals surface area (Å²) in [4.78, 5) is 13.1. The molecule has 2 atom stereocenters. The smallest absolute Gasteiger partial charge is 0.328 e. The third kappa shape index (κ3) is 4.44. The summed E-state index contributed by atoms with van der Waals surface area (Å²) in [5, 5.41) is 8.90. The summed E-state index contributed by atoms with van der Waals surface area (Å²) in [5.41, 5.74) is 5.72. The third-order valence-electron chi connectivity index (χ3n) is 7.16. The molecule has 0 amide bonds. The second-order valence-electron chi connectivity index (χ2n) is 9.38. The first kappa shape index (κ1) is 23.9. The van der Waals surface area contributed by atoms with E-state index in [2.05, 4.69) is 24.0 Å². The molecule has 1 N–H and O–H groups in total. The van der Waals surface area contributed by atoms with Crippen LogP contribution < -0.4 is 4.74 Å². The molecular formula is C30H27F2NO3. The van der Waals surface area contributed by atoms with Crippen molar-refractivity contribution >= 4 is 17.6 Å². The first-order valence-electron chi connectivity index (χ1n) is 11.9. The highest BCUT2D eigenvalue weighted by atomic mass is 19.1. The first-order valence-corrected chi connectivity index (χ1v) is 11.9. The van der Waals surface area contributed by atoms with Crippen molar-refractivity contribution in [1.29, 1.82) is 0 Å². The second-order valence-corrected chi connectivity index (χ2v) is 9.38. The van der Waals surface area contributed by atoms with Crippen molar-refractivity contribution in [3.8, 4) is 5.75 Å². The molecule has 184 valence electrons. The van der Waals surface area contributed by atoms with Crippen LogP contribution in [0.1, 0.15) is 47.2 Å². The molecule has 6 heteroatoms. The van der Waals surface area contributed by atoms with Crippen molar-refractivity contribution in [2.75, 3.05) is 7.11 Å². The third-order valence-corrected chi connectivity index (χ3v) is 7.16. The minimum atomic E-state index is -1.18. The van der Waals surface area contributed by atoms with Crippen LogP contribution in [0.25, 0.3) is 11.6 Å². The molecule has 3 aromatic carbocycles. The van der Waals surface area contributed by atoms with Gasteiger partial charge in [0.2, 0.25) is 0 Å². The Morgan fingerprint density at radius 3 is 2.47 bits per heavy atom. The summed E-state index contributed by atoms with van der Waals surface area (Å²) in [5.74, 6) is -1.78. The molecule has 0 radical (unpaired) electrons. The van der Waals surface area contributed by atoms with Crippen LogP contribution in [0.5, 0.6) is 5.75 Å². The van der Waals surface area contributed by atoms with Crippen molar-refractivity contribution < 1.29 is 23.4 Å². The van der Waals surface area contributed by atoms with Crippen molar-refractivity contribution in [2.45, 2.75) is 38.4 Å². The molecule has 0 bridgehead atoms. The van der Waals surface area contributed by atoms with Gasteiger partial charge in [-0.15, -0.1) is 0 Å². The number of aliphatic carboxylic acids is 1. The molecule has 3 aromatic rings. The number of carboxylic acids is 1. The first-order chi connectivity index (χ1) is 17.4. The zero-order chi connectivity index (χ0) is 25.4. The van der Waals surface area contributed by atoms with Gasteiger partial charge in [0.15, 0.2) is 0 Å². The van der Waals surface area contributed by atoms with Crippen LogP contribution in [0, 0.1) is 11.6 Å². The van der Waals surface area contributed by atoms with Crippen LogP contribution in [0.15, 0.2) is 72.3 Å². The van der Waals surface area contributed by atoms with Crippen molar-refractivity contribution in [3.63, 3.8) is 0 Å². The van der Waals surface area contributed by atoms with Crippen LogP contribution in [0.2, 0.25) is 0 Å². The van der Waals surface area contributed by atoms with E-state index in [-0.39, 0.29) is 17.2 Å². The van der Waals surface area contributed by atoms with Gasteiger partial charge in [-0.25, -0.2) is 13.6 Å². The standard InChI is InChI=1S/C30H27F2NO3/c1-18-13-24-23-6-4-3-5-21(23)16-25(24)30(33(18)17-19-7-10-22(36-2)11-8-19)29-26(31)14-20(15-27(29)32)9-12-28(34)35/h3-12,14-15,18,30H,13,16-17H2,1-2H3,(H,34,35)/b12-9+. The van der Waals surface area contributed by atoms with Gasteiger partial charge in [-0.1, -0.05) is 36.4 Å². The van der Waals surface area contributed by atoms with Gasteiger partial charge in [-0.3, -0.25) is 4.90 Å². The lowest BCUT2D eigenvalue weighted by molar-refractivity contribution is -0.131. The number of benzene rings is 3. The maximum absolute atomic E-state index is 15.7. The SMILES string of the molecule is COc1ccc(CN2C(C)CC3=C(Cc4ccccc43)C2c2c(F)cc(/C=C/C(=O)O)cc2F)cc1. The molecule has 4 nitrogen and oxygen atoms in total. The summed E-state index contributed by atoms with van der Waals surface area (Å²) < 4.78 is 36.6. The molecule has 0 saturated carbocycles. The molecular weight excluding hydrogens is 460 g/mol. The number of nitrogens with zero attached hydrogens (tertiary/aromatic N) is 1. The normalized spacial score (nSPS) is 19.4. The Morgan fingerprint density at radius 1 is 1.11 bits per heavy atom. The highest BCUT2D eigenvalue weighted by Crippen LogP contribution is 2.50. The molecule has 1 aliphatic carbocycles. The van der Waals surface area contributed by atoms with E-state index in [4.69, 9.17) is 9.84 Å². The summed E-state index contributed by atoms with van der Waals surface area (Å²) >= 11 is 0. The van der Waals surface area contributed by atoms with Crippen LogP contribution in [0.3, 0.4) is 0 Å². The summed E-state index contributed by atoms with van der Waals surface area (Å²) in [6, 6.07) is 17.8. The molecule has 0 aromatic heterocycles. The van der Waals surface area contributed by atoms with Gasteiger partial charge < -0.3 is 9.84 Å². The van der Waals surface area contributed by atoms with Gasteiger partial charge in [0.05, 0.1) is 13.2 Å². The van der Waals surface area contributed by atoms with E-state index in [0.29, 0.717) is 13.0 Å². The Bertz CT molecular complexity index is 1350. The zero-order valence-electron chi connectivity index (χ0n) is 20.2. The second kappa shape index (κ2) is 9.70. The van der Waals surface area contributed by atoms with Crippen molar-refractivity contribution in [3.05, 3.63) is 112 Å². The Labute approximate surface area is 209 Å². The quantitative estimate of drug-likeness (QED) is 0.408. The van der Waals surface area contributed by atoms with E-state index in [9.17, 15) is 4.79 Å². The average molecular weight is 488 g/mol.